The van der Waals surface area contributed by atoms with Crippen LogP contribution in [0.4, 0.5) is 4.79 Å². The average molecular weight is 600 g/mol. The molecule has 0 radical (unpaired) electrons. The number of nitrogens with one attached hydrogen (secondary N) is 2. The van der Waals surface area contributed by atoms with Gasteiger partial charge in [0.1, 0.15) is 23.4 Å². The van der Waals surface area contributed by atoms with E-state index in [-0.39, 0.29) is 17.6 Å². The van der Waals surface area contributed by atoms with Crippen molar-refractivity contribution in [2.75, 3.05) is 18.6 Å². The molecule has 0 aliphatic heterocycles. The van der Waals surface area contributed by atoms with Crippen molar-refractivity contribution in [3.8, 4) is 5.75 Å². The quantitative estimate of drug-likeness (QED) is 0.190. The summed E-state index contributed by atoms with van der Waals surface area (Å²) < 4.78 is 5.48. The van der Waals surface area contributed by atoms with Gasteiger partial charge in [-0.3, -0.25) is 9.59 Å². The first kappa shape index (κ1) is 35.0. The minimum Gasteiger partial charge on any atom is -0.508 e. The Morgan fingerprint density at radius 1 is 1.02 bits per heavy atom. The molecule has 0 bridgehead atoms. The molecule has 2 aromatic rings. The molecule has 3 amide bonds. The number of ether oxygens (including phenoxy) is 1. The molecule has 8 nitrogen and oxygen atoms in total. The number of amides is 3. The highest BCUT2D eigenvalue weighted by molar-refractivity contribution is 7.98. The number of phenolic OH excluding ortho intramolecular Hbond substituents is 1. The summed E-state index contributed by atoms with van der Waals surface area (Å²) in [5.74, 6) is 0.0894. The van der Waals surface area contributed by atoms with Gasteiger partial charge in [0, 0.05) is 13.1 Å². The fourth-order valence-corrected chi connectivity index (χ4v) is 5.07. The predicted molar refractivity (Wildman–Crippen MR) is 171 cm³/mol. The Hall–Kier alpha value is -3.20. The maximum atomic E-state index is 14.3. The van der Waals surface area contributed by atoms with E-state index in [2.05, 4.69) is 17.6 Å². The number of carbonyl (C=O) groups excluding carboxylic acids is 3. The molecule has 0 heterocycles. The van der Waals surface area contributed by atoms with Gasteiger partial charge in [-0.25, -0.2) is 4.79 Å². The Balaban J connectivity index is 2.49. The number of hydrogen-bond acceptors (Lipinski definition) is 6. The van der Waals surface area contributed by atoms with E-state index in [9.17, 15) is 19.5 Å². The van der Waals surface area contributed by atoms with Crippen LogP contribution in [0.25, 0.3) is 0 Å². The Kier molecular flexibility index (Phi) is 14.7. The Labute approximate surface area is 256 Å². The van der Waals surface area contributed by atoms with Crippen LogP contribution in [0.3, 0.4) is 0 Å². The number of nitrogens with zero attached hydrogens (tertiary/aromatic N) is 1. The van der Waals surface area contributed by atoms with Gasteiger partial charge in [0.25, 0.3) is 0 Å². The Morgan fingerprint density at radius 3 is 2.33 bits per heavy atom. The molecule has 0 aromatic heterocycles. The molecule has 232 valence electrons. The fraction of sp³-hybridized carbons (Fsp3) is 0.545. The third kappa shape index (κ3) is 12.0. The number of benzene rings is 2. The average Bonchev–Trinajstić information content (AvgIpc) is 2.94. The van der Waals surface area contributed by atoms with Crippen LogP contribution >= 0.6 is 11.8 Å². The van der Waals surface area contributed by atoms with Crippen LogP contribution in [0.1, 0.15) is 89.0 Å². The van der Waals surface area contributed by atoms with Gasteiger partial charge in [-0.1, -0.05) is 69.0 Å². The summed E-state index contributed by atoms with van der Waals surface area (Å²) in [4.78, 5) is 42.7. The van der Waals surface area contributed by atoms with Crippen molar-refractivity contribution in [1.29, 1.82) is 0 Å². The maximum Gasteiger partial charge on any atom is 0.408 e. The second-order valence-electron chi connectivity index (χ2n) is 11.6. The molecule has 9 heteroatoms. The molecule has 3 N–H and O–H groups in total. The molecule has 0 spiro atoms. The van der Waals surface area contributed by atoms with Gasteiger partial charge in [-0.05, 0) is 81.4 Å². The highest BCUT2D eigenvalue weighted by atomic mass is 32.2. The fourth-order valence-electron chi connectivity index (χ4n) is 4.60. The number of rotatable bonds is 16. The number of carbonyl (C=O) groups is 3. The summed E-state index contributed by atoms with van der Waals surface area (Å²) in [5, 5.41) is 16.0. The highest BCUT2D eigenvalue weighted by Gasteiger charge is 2.36. The third-order valence-electron chi connectivity index (χ3n) is 6.79. The van der Waals surface area contributed by atoms with Crippen molar-refractivity contribution in [2.24, 2.45) is 0 Å². The van der Waals surface area contributed by atoms with Gasteiger partial charge >= 0.3 is 6.09 Å². The van der Waals surface area contributed by atoms with Crippen LogP contribution in [0.5, 0.6) is 5.75 Å². The molecule has 2 atom stereocenters. The van der Waals surface area contributed by atoms with Crippen molar-refractivity contribution in [1.82, 2.24) is 15.5 Å². The molecule has 2 unspecified atom stereocenters. The number of unbranched alkanes of at least 4 members (excludes halogenated alkanes) is 4. The highest BCUT2D eigenvalue weighted by Crippen LogP contribution is 2.28. The Morgan fingerprint density at radius 2 is 1.71 bits per heavy atom. The lowest BCUT2D eigenvalue weighted by Crippen LogP contribution is -2.53. The van der Waals surface area contributed by atoms with E-state index in [1.807, 2.05) is 36.6 Å². The molecule has 0 aliphatic rings. The monoisotopic (exact) mass is 599 g/mol. The summed E-state index contributed by atoms with van der Waals surface area (Å²) in [6.07, 6.45) is 6.52. The lowest BCUT2D eigenvalue weighted by atomic mass is 9.99. The zero-order valence-corrected chi connectivity index (χ0v) is 26.9. The number of aromatic hydroxyl groups is 1. The molecule has 0 saturated carbocycles. The number of aryl methyl sites for hydroxylation is 1. The normalized spacial score (nSPS) is 12.7. The van der Waals surface area contributed by atoms with Gasteiger partial charge in [-0.2, -0.15) is 11.8 Å². The maximum absolute atomic E-state index is 14.3. The molecule has 2 rings (SSSR count). The molecular formula is C33H49N3O5S. The van der Waals surface area contributed by atoms with Crippen LogP contribution < -0.4 is 10.6 Å². The number of thioether (sulfide) groups is 1. The van der Waals surface area contributed by atoms with Crippen LogP contribution in [-0.2, 0) is 20.9 Å². The van der Waals surface area contributed by atoms with Crippen molar-refractivity contribution < 1.29 is 24.2 Å². The lowest BCUT2D eigenvalue weighted by Gasteiger charge is -2.35. The SMILES string of the molecule is CCCCCCCN(C(=O)C(CCSC)NC(=O)OC(C)(C)C)C(C(=O)NCc1ccccc1)c1ccc(O)c(C)c1. The van der Waals surface area contributed by atoms with E-state index >= 15 is 0 Å². The van der Waals surface area contributed by atoms with E-state index in [1.165, 1.54) is 0 Å². The van der Waals surface area contributed by atoms with Crippen molar-refractivity contribution in [3.05, 3.63) is 65.2 Å². The van der Waals surface area contributed by atoms with Crippen molar-refractivity contribution >= 4 is 29.7 Å². The van der Waals surface area contributed by atoms with E-state index in [0.29, 0.717) is 42.8 Å². The minimum atomic E-state index is -0.955. The molecule has 2 aromatic carbocycles. The van der Waals surface area contributed by atoms with Gasteiger partial charge in [0.05, 0.1) is 0 Å². The Bertz CT molecular complexity index is 1140. The first-order valence-electron chi connectivity index (χ1n) is 14.9. The van der Waals surface area contributed by atoms with E-state index in [0.717, 1.165) is 31.2 Å². The van der Waals surface area contributed by atoms with E-state index in [4.69, 9.17) is 4.74 Å². The molecule has 42 heavy (non-hydrogen) atoms. The topological polar surface area (TPSA) is 108 Å². The van der Waals surface area contributed by atoms with Crippen molar-refractivity contribution in [3.63, 3.8) is 0 Å². The molecule has 0 saturated heterocycles. The van der Waals surface area contributed by atoms with Crippen LogP contribution in [-0.4, -0.2) is 58.1 Å². The standard InChI is InChI=1S/C33H49N3O5S/c1-7-8-9-10-14-20-36(31(39)27(19-21-42-6)35-32(40)41-33(3,4)5)29(26-17-18-28(37)24(2)22-26)30(38)34-23-25-15-12-11-13-16-25/h11-13,15-18,22,27,29,37H,7-10,14,19-21,23H2,1-6H3,(H,34,38)(H,35,40). The van der Waals surface area contributed by atoms with E-state index < -0.39 is 23.8 Å². The molecule has 0 aliphatic carbocycles. The minimum absolute atomic E-state index is 0.115. The molecule has 0 fully saturated rings. The largest absolute Gasteiger partial charge is 0.508 e. The van der Waals surface area contributed by atoms with Crippen LogP contribution in [0.2, 0.25) is 0 Å². The molecular weight excluding hydrogens is 550 g/mol. The van der Waals surface area contributed by atoms with Gasteiger partial charge < -0.3 is 25.4 Å². The first-order valence-corrected chi connectivity index (χ1v) is 16.3. The summed E-state index contributed by atoms with van der Waals surface area (Å²) in [5.41, 5.74) is 1.42. The lowest BCUT2D eigenvalue weighted by molar-refractivity contribution is -0.142. The van der Waals surface area contributed by atoms with Crippen molar-refractivity contribution in [2.45, 2.75) is 97.4 Å². The van der Waals surface area contributed by atoms with Crippen LogP contribution in [0, 0.1) is 6.92 Å². The number of hydrogen-bond donors (Lipinski definition) is 3. The summed E-state index contributed by atoms with van der Waals surface area (Å²) >= 11 is 1.58. The predicted octanol–water partition coefficient (Wildman–Crippen LogP) is 6.50. The second-order valence-corrected chi connectivity index (χ2v) is 12.6. The third-order valence-corrected chi connectivity index (χ3v) is 7.44. The number of alkyl carbamates (subject to hydrolysis) is 1. The smallest absolute Gasteiger partial charge is 0.408 e. The van der Waals surface area contributed by atoms with Crippen LogP contribution in [0.15, 0.2) is 48.5 Å². The summed E-state index contributed by atoms with van der Waals surface area (Å²) in [6, 6.07) is 12.8. The summed E-state index contributed by atoms with van der Waals surface area (Å²) in [6.45, 7) is 9.88. The zero-order chi connectivity index (χ0) is 31.1. The summed E-state index contributed by atoms with van der Waals surface area (Å²) in [7, 11) is 0. The van der Waals surface area contributed by atoms with Gasteiger partial charge in [0.2, 0.25) is 11.8 Å². The zero-order valence-electron chi connectivity index (χ0n) is 26.1. The second kappa shape index (κ2) is 17.7. The van der Waals surface area contributed by atoms with Gasteiger partial charge in [0.15, 0.2) is 0 Å². The van der Waals surface area contributed by atoms with Gasteiger partial charge in [-0.15, -0.1) is 0 Å². The first-order chi connectivity index (χ1) is 20.0. The number of phenols is 1. The van der Waals surface area contributed by atoms with E-state index in [1.54, 1.807) is 62.6 Å².